The van der Waals surface area contributed by atoms with Gasteiger partial charge in [-0.2, -0.15) is 0 Å². The van der Waals surface area contributed by atoms with Crippen molar-refractivity contribution in [3.05, 3.63) is 36.0 Å². The second-order valence-electron chi connectivity index (χ2n) is 5.62. The first-order valence-corrected chi connectivity index (χ1v) is 7.65. The van der Waals surface area contributed by atoms with Crippen LogP contribution in [0, 0.1) is 5.92 Å². The van der Waals surface area contributed by atoms with Crippen LogP contribution in [0.25, 0.3) is 10.9 Å². The Morgan fingerprint density at radius 2 is 2.23 bits per heavy atom. The van der Waals surface area contributed by atoms with Gasteiger partial charge in [0, 0.05) is 30.2 Å². The number of nitrogens with one attached hydrogen (secondary N) is 1. The third kappa shape index (κ3) is 2.90. The zero-order valence-corrected chi connectivity index (χ0v) is 12.7. The molecule has 1 fully saturated rings. The summed E-state index contributed by atoms with van der Waals surface area (Å²) in [5.74, 6) is -1.03. The van der Waals surface area contributed by atoms with Gasteiger partial charge in [-0.15, -0.1) is 0 Å². The van der Waals surface area contributed by atoms with Gasteiger partial charge in [-0.1, -0.05) is 18.2 Å². The highest BCUT2D eigenvalue weighted by atomic mass is 16.5. The zero-order chi connectivity index (χ0) is 15.5. The molecule has 1 unspecified atom stereocenters. The Labute approximate surface area is 129 Å². The lowest BCUT2D eigenvalue weighted by atomic mass is 10.1. The first kappa shape index (κ1) is 14.8. The van der Waals surface area contributed by atoms with Crippen LogP contribution in [0.4, 0.5) is 0 Å². The molecule has 22 heavy (non-hydrogen) atoms. The largest absolute Gasteiger partial charge is 0.465 e. The molecule has 1 saturated heterocycles. The molecular formula is C17H20N2O3. The van der Waals surface area contributed by atoms with Crippen molar-refractivity contribution >= 4 is 22.7 Å². The van der Waals surface area contributed by atoms with E-state index >= 15 is 0 Å². The van der Waals surface area contributed by atoms with Crippen molar-refractivity contribution in [2.24, 2.45) is 5.92 Å². The summed E-state index contributed by atoms with van der Waals surface area (Å²) in [5, 5.41) is 1.22. The van der Waals surface area contributed by atoms with Gasteiger partial charge < -0.3 is 9.72 Å². The summed E-state index contributed by atoms with van der Waals surface area (Å²) in [6.07, 6.45) is 2.87. The van der Waals surface area contributed by atoms with Gasteiger partial charge in [-0.05, 0) is 25.0 Å². The predicted octanol–water partition coefficient (Wildman–Crippen LogP) is 1.77. The minimum atomic E-state index is -0.608. The van der Waals surface area contributed by atoms with Crippen molar-refractivity contribution in [2.75, 3.05) is 26.2 Å². The molecule has 2 aromatic rings. The molecule has 1 aromatic carbocycles. The van der Waals surface area contributed by atoms with Gasteiger partial charge in [-0.3, -0.25) is 14.5 Å². The molecule has 0 amide bonds. The van der Waals surface area contributed by atoms with Crippen LogP contribution in [0.5, 0.6) is 0 Å². The number of fused-ring (bicyclic) bond motifs is 1. The molecular weight excluding hydrogens is 280 g/mol. The number of Topliss-reactive ketones (excluding diaryl/α,β-unsaturated/α-hetero) is 1. The van der Waals surface area contributed by atoms with Crippen LogP contribution < -0.4 is 0 Å². The van der Waals surface area contributed by atoms with Crippen LogP contribution in [0.1, 0.15) is 12.5 Å². The quantitative estimate of drug-likeness (QED) is 0.675. The smallest absolute Gasteiger partial charge is 0.317 e. The lowest BCUT2D eigenvalue weighted by Crippen LogP contribution is -2.26. The fourth-order valence-electron chi connectivity index (χ4n) is 2.99. The second-order valence-corrected chi connectivity index (χ2v) is 5.62. The molecule has 5 heteroatoms. The van der Waals surface area contributed by atoms with Crippen LogP contribution >= 0.6 is 0 Å². The molecule has 2 heterocycles. The van der Waals surface area contributed by atoms with E-state index in [0.717, 1.165) is 18.5 Å². The van der Waals surface area contributed by atoms with Crippen molar-refractivity contribution in [1.29, 1.82) is 0 Å². The Hall–Kier alpha value is -2.14. The molecule has 0 bridgehead atoms. The molecule has 0 saturated carbocycles. The Morgan fingerprint density at radius 3 is 3.05 bits per heavy atom. The van der Waals surface area contributed by atoms with E-state index < -0.39 is 5.92 Å². The molecule has 116 valence electrons. The number of aromatic nitrogens is 1. The number of carbonyl (C=O) groups excluding carboxylic acids is 2. The Morgan fingerprint density at radius 1 is 1.41 bits per heavy atom. The summed E-state index contributed by atoms with van der Waals surface area (Å²) in [7, 11) is 0. The number of hydrogen-bond acceptors (Lipinski definition) is 4. The minimum Gasteiger partial charge on any atom is -0.465 e. The van der Waals surface area contributed by atoms with Crippen molar-refractivity contribution in [1.82, 2.24) is 9.88 Å². The molecule has 1 aromatic heterocycles. The van der Waals surface area contributed by atoms with Gasteiger partial charge >= 0.3 is 5.97 Å². The zero-order valence-electron chi connectivity index (χ0n) is 12.7. The van der Waals surface area contributed by atoms with E-state index in [1.807, 2.05) is 23.2 Å². The van der Waals surface area contributed by atoms with Crippen LogP contribution in [0.3, 0.4) is 0 Å². The van der Waals surface area contributed by atoms with Gasteiger partial charge in [-0.25, -0.2) is 0 Å². The summed E-state index contributed by atoms with van der Waals surface area (Å²) < 4.78 is 4.96. The lowest BCUT2D eigenvalue weighted by Gasteiger charge is -2.14. The topological polar surface area (TPSA) is 62.4 Å². The van der Waals surface area contributed by atoms with Gasteiger partial charge in [0.25, 0.3) is 0 Å². The third-order valence-electron chi connectivity index (χ3n) is 4.15. The number of carbonyl (C=O) groups is 2. The van der Waals surface area contributed by atoms with E-state index in [2.05, 4.69) is 17.1 Å². The number of hydrogen-bond donors (Lipinski definition) is 1. The highest BCUT2D eigenvalue weighted by molar-refractivity contribution is 6.01. The first-order chi connectivity index (χ1) is 10.7. The standard InChI is InChI=1S/C17H20N2O3/c1-2-22-17(21)14-10-19(11-16(14)20)8-7-12-9-18-15-6-4-3-5-13(12)15/h3-6,9,14,18H,2,7-8,10-11H2,1H3. The van der Waals surface area contributed by atoms with Crippen molar-refractivity contribution < 1.29 is 14.3 Å². The highest BCUT2D eigenvalue weighted by Crippen LogP contribution is 2.20. The average Bonchev–Trinajstić information content (AvgIpc) is 3.09. The number of ether oxygens (including phenoxy) is 1. The monoisotopic (exact) mass is 300 g/mol. The average molecular weight is 300 g/mol. The summed E-state index contributed by atoms with van der Waals surface area (Å²) >= 11 is 0. The van der Waals surface area contributed by atoms with Crippen molar-refractivity contribution in [2.45, 2.75) is 13.3 Å². The first-order valence-electron chi connectivity index (χ1n) is 7.65. The summed E-state index contributed by atoms with van der Waals surface area (Å²) in [6, 6.07) is 8.17. The Bertz CT molecular complexity index is 692. The maximum atomic E-state index is 11.9. The molecule has 1 aliphatic heterocycles. The molecule has 1 N–H and O–H groups in total. The van der Waals surface area contributed by atoms with Gasteiger partial charge in [0.2, 0.25) is 0 Å². The Kier molecular flexibility index (Phi) is 4.24. The van der Waals surface area contributed by atoms with Crippen LogP contribution in [0.15, 0.2) is 30.5 Å². The number of benzene rings is 1. The summed E-state index contributed by atoms with van der Waals surface area (Å²) in [6.45, 7) is 3.65. The highest BCUT2D eigenvalue weighted by Gasteiger charge is 2.36. The molecule has 0 aliphatic carbocycles. The number of para-hydroxylation sites is 1. The molecule has 3 rings (SSSR count). The molecule has 1 atom stereocenters. The fraction of sp³-hybridized carbons (Fsp3) is 0.412. The van der Waals surface area contributed by atoms with Crippen LogP contribution in [-0.4, -0.2) is 47.9 Å². The van der Waals surface area contributed by atoms with E-state index in [4.69, 9.17) is 4.74 Å². The van der Waals surface area contributed by atoms with Crippen molar-refractivity contribution in [3.8, 4) is 0 Å². The predicted molar refractivity (Wildman–Crippen MR) is 83.6 cm³/mol. The van der Waals surface area contributed by atoms with Gasteiger partial charge in [0.15, 0.2) is 5.78 Å². The Balaban J connectivity index is 1.61. The van der Waals surface area contributed by atoms with E-state index in [-0.39, 0.29) is 11.8 Å². The van der Waals surface area contributed by atoms with E-state index in [1.54, 1.807) is 6.92 Å². The van der Waals surface area contributed by atoms with E-state index in [0.29, 0.717) is 19.7 Å². The number of esters is 1. The maximum absolute atomic E-state index is 11.9. The number of ketones is 1. The SMILES string of the molecule is CCOC(=O)C1CN(CCc2c[nH]c3ccccc23)CC1=O. The number of rotatable bonds is 5. The van der Waals surface area contributed by atoms with E-state index in [1.165, 1.54) is 10.9 Å². The molecule has 0 spiro atoms. The summed E-state index contributed by atoms with van der Waals surface area (Å²) in [4.78, 5) is 29.0. The van der Waals surface area contributed by atoms with E-state index in [9.17, 15) is 9.59 Å². The normalized spacial score (nSPS) is 19.0. The fourth-order valence-corrected chi connectivity index (χ4v) is 2.99. The number of H-pyrrole nitrogens is 1. The van der Waals surface area contributed by atoms with Crippen LogP contribution in [0.2, 0.25) is 0 Å². The molecule has 5 nitrogen and oxygen atoms in total. The lowest BCUT2D eigenvalue weighted by molar-refractivity contribution is -0.149. The second kappa shape index (κ2) is 6.32. The number of nitrogens with zero attached hydrogens (tertiary/aromatic N) is 1. The number of aromatic amines is 1. The van der Waals surface area contributed by atoms with Crippen molar-refractivity contribution in [3.63, 3.8) is 0 Å². The van der Waals surface area contributed by atoms with Gasteiger partial charge in [0.05, 0.1) is 13.2 Å². The number of likely N-dealkylation sites (tertiary alicyclic amines) is 1. The minimum absolute atomic E-state index is 0.0302. The molecule has 1 aliphatic rings. The summed E-state index contributed by atoms with van der Waals surface area (Å²) in [5.41, 5.74) is 2.36. The maximum Gasteiger partial charge on any atom is 0.317 e. The third-order valence-corrected chi connectivity index (χ3v) is 4.15. The molecule has 0 radical (unpaired) electrons. The van der Waals surface area contributed by atoms with Gasteiger partial charge in [0.1, 0.15) is 5.92 Å². The van der Waals surface area contributed by atoms with Crippen LogP contribution in [-0.2, 0) is 20.7 Å².